The number of hydrogen-bond acceptors (Lipinski definition) is 4. The zero-order valence-corrected chi connectivity index (χ0v) is 11.2. The first-order chi connectivity index (χ1) is 9.13. The number of anilines is 1. The zero-order chi connectivity index (χ0) is 13.7. The maximum atomic E-state index is 9.82. The van der Waals surface area contributed by atoms with Gasteiger partial charge in [-0.1, -0.05) is 17.7 Å². The molecule has 1 unspecified atom stereocenters. The van der Waals surface area contributed by atoms with Crippen LogP contribution in [-0.4, -0.2) is 34.1 Å². The fraction of sp³-hybridized carbons (Fsp3) is 0.357. The SMILES string of the molecule is Cc1ccc(OCC(O)CNc2cnn(C)c2)cc1. The molecule has 0 amide bonds. The third-order valence-electron chi connectivity index (χ3n) is 2.71. The van der Waals surface area contributed by atoms with Gasteiger partial charge in [-0.25, -0.2) is 0 Å². The summed E-state index contributed by atoms with van der Waals surface area (Å²) in [6, 6.07) is 7.76. The molecule has 102 valence electrons. The summed E-state index contributed by atoms with van der Waals surface area (Å²) in [5.74, 6) is 0.769. The molecule has 0 radical (unpaired) electrons. The number of rotatable bonds is 6. The highest BCUT2D eigenvalue weighted by molar-refractivity contribution is 5.38. The van der Waals surface area contributed by atoms with E-state index >= 15 is 0 Å². The van der Waals surface area contributed by atoms with Crippen LogP contribution in [0, 0.1) is 6.92 Å². The summed E-state index contributed by atoms with van der Waals surface area (Å²) < 4.78 is 7.21. The molecule has 5 heteroatoms. The Kier molecular flexibility index (Phi) is 4.41. The molecule has 0 aliphatic heterocycles. The van der Waals surface area contributed by atoms with Crippen molar-refractivity contribution < 1.29 is 9.84 Å². The average molecular weight is 261 g/mol. The highest BCUT2D eigenvalue weighted by Gasteiger charge is 2.05. The van der Waals surface area contributed by atoms with Crippen molar-refractivity contribution in [2.75, 3.05) is 18.5 Å². The van der Waals surface area contributed by atoms with Gasteiger partial charge < -0.3 is 15.2 Å². The average Bonchev–Trinajstić information content (AvgIpc) is 2.81. The molecule has 19 heavy (non-hydrogen) atoms. The first-order valence-corrected chi connectivity index (χ1v) is 6.23. The minimum Gasteiger partial charge on any atom is -0.491 e. The second kappa shape index (κ2) is 6.24. The number of ether oxygens (including phenoxy) is 1. The number of aliphatic hydroxyl groups is 1. The fourth-order valence-corrected chi connectivity index (χ4v) is 1.63. The summed E-state index contributed by atoms with van der Waals surface area (Å²) in [6.07, 6.45) is 3.00. The first-order valence-electron chi connectivity index (χ1n) is 6.23. The third kappa shape index (κ3) is 4.30. The van der Waals surface area contributed by atoms with Crippen LogP contribution in [0.3, 0.4) is 0 Å². The molecule has 0 fully saturated rings. The van der Waals surface area contributed by atoms with Gasteiger partial charge in [0.05, 0.1) is 11.9 Å². The molecule has 0 spiro atoms. The maximum Gasteiger partial charge on any atom is 0.119 e. The van der Waals surface area contributed by atoms with E-state index in [1.807, 2.05) is 44.4 Å². The van der Waals surface area contributed by atoms with Gasteiger partial charge in [-0.2, -0.15) is 5.10 Å². The second-order valence-corrected chi connectivity index (χ2v) is 4.56. The summed E-state index contributed by atoms with van der Waals surface area (Å²) in [5.41, 5.74) is 2.07. The Labute approximate surface area is 112 Å². The Morgan fingerprint density at radius 2 is 2.11 bits per heavy atom. The smallest absolute Gasteiger partial charge is 0.119 e. The van der Waals surface area contributed by atoms with Crippen LogP contribution >= 0.6 is 0 Å². The molecular weight excluding hydrogens is 242 g/mol. The van der Waals surface area contributed by atoms with E-state index in [1.165, 1.54) is 5.56 Å². The van der Waals surface area contributed by atoms with Crippen molar-refractivity contribution in [3.05, 3.63) is 42.2 Å². The largest absolute Gasteiger partial charge is 0.491 e. The van der Waals surface area contributed by atoms with Crippen LogP contribution < -0.4 is 10.1 Å². The van der Waals surface area contributed by atoms with E-state index in [1.54, 1.807) is 10.9 Å². The Bertz CT molecular complexity index is 508. The van der Waals surface area contributed by atoms with E-state index < -0.39 is 6.10 Å². The summed E-state index contributed by atoms with van der Waals surface area (Å²) in [7, 11) is 1.85. The Balaban J connectivity index is 1.72. The van der Waals surface area contributed by atoms with Gasteiger partial charge in [0.1, 0.15) is 18.5 Å². The molecule has 1 atom stereocenters. The molecule has 0 aliphatic rings. The normalized spacial score (nSPS) is 12.2. The molecule has 0 saturated carbocycles. The lowest BCUT2D eigenvalue weighted by molar-refractivity contribution is 0.117. The van der Waals surface area contributed by atoms with Crippen molar-refractivity contribution >= 4 is 5.69 Å². The lowest BCUT2D eigenvalue weighted by Crippen LogP contribution is -2.26. The van der Waals surface area contributed by atoms with Crippen molar-refractivity contribution in [1.29, 1.82) is 0 Å². The summed E-state index contributed by atoms with van der Waals surface area (Å²) >= 11 is 0. The second-order valence-electron chi connectivity index (χ2n) is 4.56. The van der Waals surface area contributed by atoms with E-state index in [2.05, 4.69) is 10.4 Å². The van der Waals surface area contributed by atoms with Gasteiger partial charge >= 0.3 is 0 Å². The Morgan fingerprint density at radius 3 is 2.74 bits per heavy atom. The van der Waals surface area contributed by atoms with E-state index in [-0.39, 0.29) is 6.61 Å². The van der Waals surface area contributed by atoms with Gasteiger partial charge in [0.2, 0.25) is 0 Å². The molecule has 2 N–H and O–H groups in total. The van der Waals surface area contributed by atoms with Gasteiger partial charge in [-0.3, -0.25) is 4.68 Å². The number of aromatic nitrogens is 2. The van der Waals surface area contributed by atoms with E-state index in [0.29, 0.717) is 6.54 Å². The standard InChI is InChI=1S/C14H19N3O2/c1-11-3-5-14(6-4-11)19-10-13(18)8-15-12-7-16-17(2)9-12/h3-7,9,13,15,18H,8,10H2,1-2H3. The number of aliphatic hydroxyl groups excluding tert-OH is 1. The van der Waals surface area contributed by atoms with Gasteiger partial charge in [-0.05, 0) is 19.1 Å². The lowest BCUT2D eigenvalue weighted by Gasteiger charge is -2.13. The van der Waals surface area contributed by atoms with Crippen LogP contribution in [0.5, 0.6) is 5.75 Å². The molecule has 0 bridgehead atoms. The highest BCUT2D eigenvalue weighted by atomic mass is 16.5. The Morgan fingerprint density at radius 1 is 1.37 bits per heavy atom. The molecule has 1 heterocycles. The van der Waals surface area contributed by atoms with Crippen LogP contribution in [0.1, 0.15) is 5.56 Å². The fourth-order valence-electron chi connectivity index (χ4n) is 1.63. The minimum atomic E-state index is -0.568. The van der Waals surface area contributed by atoms with Gasteiger partial charge in [0.25, 0.3) is 0 Å². The van der Waals surface area contributed by atoms with Crippen molar-refractivity contribution in [2.45, 2.75) is 13.0 Å². The zero-order valence-electron chi connectivity index (χ0n) is 11.2. The summed E-state index contributed by atoms with van der Waals surface area (Å²) in [6.45, 7) is 2.71. The number of hydrogen-bond donors (Lipinski definition) is 2. The maximum absolute atomic E-state index is 9.82. The van der Waals surface area contributed by atoms with Crippen LogP contribution in [0.15, 0.2) is 36.7 Å². The van der Waals surface area contributed by atoms with Gasteiger partial charge in [-0.15, -0.1) is 0 Å². The molecule has 0 saturated heterocycles. The van der Waals surface area contributed by atoms with Crippen LogP contribution in [0.2, 0.25) is 0 Å². The number of nitrogens with one attached hydrogen (secondary N) is 1. The van der Waals surface area contributed by atoms with Crippen molar-refractivity contribution in [1.82, 2.24) is 9.78 Å². The molecule has 2 aromatic rings. The molecule has 5 nitrogen and oxygen atoms in total. The predicted molar refractivity (Wildman–Crippen MR) is 74.4 cm³/mol. The van der Waals surface area contributed by atoms with Crippen LogP contribution in [0.25, 0.3) is 0 Å². The predicted octanol–water partition coefficient (Wildman–Crippen LogP) is 1.58. The van der Waals surface area contributed by atoms with Crippen molar-refractivity contribution in [2.24, 2.45) is 7.05 Å². The third-order valence-corrected chi connectivity index (χ3v) is 2.71. The highest BCUT2D eigenvalue weighted by Crippen LogP contribution is 2.11. The Hall–Kier alpha value is -2.01. The topological polar surface area (TPSA) is 59.3 Å². The van der Waals surface area contributed by atoms with E-state index in [0.717, 1.165) is 11.4 Å². The number of benzene rings is 1. The summed E-state index contributed by atoms with van der Waals surface area (Å²) in [4.78, 5) is 0. The van der Waals surface area contributed by atoms with E-state index in [4.69, 9.17) is 4.74 Å². The van der Waals surface area contributed by atoms with Crippen LogP contribution in [0.4, 0.5) is 5.69 Å². The minimum absolute atomic E-state index is 0.260. The van der Waals surface area contributed by atoms with Gasteiger partial charge in [0.15, 0.2) is 0 Å². The lowest BCUT2D eigenvalue weighted by atomic mass is 10.2. The van der Waals surface area contributed by atoms with Crippen molar-refractivity contribution in [3.63, 3.8) is 0 Å². The molecule has 2 rings (SSSR count). The van der Waals surface area contributed by atoms with Crippen LogP contribution in [-0.2, 0) is 7.05 Å². The first kappa shape index (κ1) is 13.4. The number of aryl methyl sites for hydroxylation is 2. The quantitative estimate of drug-likeness (QED) is 0.829. The molecule has 1 aromatic carbocycles. The molecule has 0 aliphatic carbocycles. The van der Waals surface area contributed by atoms with Crippen molar-refractivity contribution in [3.8, 4) is 5.75 Å². The monoisotopic (exact) mass is 261 g/mol. The van der Waals surface area contributed by atoms with Gasteiger partial charge in [0, 0.05) is 19.8 Å². The number of nitrogens with zero attached hydrogens (tertiary/aromatic N) is 2. The van der Waals surface area contributed by atoms with E-state index in [9.17, 15) is 5.11 Å². The molecule has 1 aromatic heterocycles. The molecular formula is C14H19N3O2. The summed E-state index contributed by atoms with van der Waals surface area (Å²) in [5, 5.41) is 17.0.